The number of hydrogen-bond acceptors (Lipinski definition) is 4. The van der Waals surface area contributed by atoms with Crippen LogP contribution >= 0.6 is 15.9 Å². The maximum atomic E-state index is 12.6. The zero-order chi connectivity index (χ0) is 15.8. The van der Waals surface area contributed by atoms with Crippen molar-refractivity contribution in [3.63, 3.8) is 0 Å². The Hall–Kier alpha value is -1.49. The minimum Gasteiger partial charge on any atom is -0.460 e. The highest BCUT2D eigenvalue weighted by atomic mass is 79.9. The zero-order valence-electron chi connectivity index (χ0n) is 12.2. The van der Waals surface area contributed by atoms with Crippen molar-refractivity contribution in [1.82, 2.24) is 0 Å². The Bertz CT molecular complexity index is 619. The van der Waals surface area contributed by atoms with Crippen LogP contribution in [0.5, 0.6) is 0 Å². The van der Waals surface area contributed by atoms with Crippen LogP contribution in [0.25, 0.3) is 0 Å². The van der Waals surface area contributed by atoms with Crippen LogP contribution in [0.2, 0.25) is 0 Å². The molecule has 21 heavy (non-hydrogen) atoms. The van der Waals surface area contributed by atoms with Gasteiger partial charge in [0.2, 0.25) is 0 Å². The van der Waals surface area contributed by atoms with Gasteiger partial charge in [0, 0.05) is 10.0 Å². The van der Waals surface area contributed by atoms with Gasteiger partial charge >= 0.3 is 5.97 Å². The molecule has 1 unspecified atom stereocenters. The number of carbonyl (C=O) groups excluding carboxylic acids is 3. The third-order valence-corrected chi connectivity index (χ3v) is 4.29. The summed E-state index contributed by atoms with van der Waals surface area (Å²) in [5.74, 6) is -2.94. The topological polar surface area (TPSA) is 60.4 Å². The second-order valence-corrected chi connectivity index (χ2v) is 6.70. The first kappa shape index (κ1) is 15.9. The van der Waals surface area contributed by atoms with Gasteiger partial charge in [0.1, 0.15) is 0 Å². The van der Waals surface area contributed by atoms with Crippen molar-refractivity contribution in [3.8, 4) is 0 Å². The summed E-state index contributed by atoms with van der Waals surface area (Å²) in [5.41, 5.74) is 1.06. The van der Waals surface area contributed by atoms with E-state index in [1.165, 1.54) is 0 Å². The van der Waals surface area contributed by atoms with Crippen molar-refractivity contribution in [2.75, 3.05) is 6.61 Å². The van der Waals surface area contributed by atoms with Crippen LogP contribution in [0.3, 0.4) is 0 Å². The van der Waals surface area contributed by atoms with Gasteiger partial charge in [-0.25, -0.2) is 4.79 Å². The molecule has 1 atom stereocenters. The molecule has 2 rings (SSSR count). The molecular formula is C16H17BrO4. The molecule has 0 radical (unpaired) electrons. The van der Waals surface area contributed by atoms with Crippen molar-refractivity contribution < 1.29 is 19.1 Å². The summed E-state index contributed by atoms with van der Waals surface area (Å²) in [6, 6.07) is 5.48. The SMILES string of the molecule is CCOC(=O)C(=O)C1CC(C)(C)c2ccc(Br)cc2C1=O. The molecule has 1 aliphatic carbocycles. The summed E-state index contributed by atoms with van der Waals surface area (Å²) >= 11 is 3.34. The first-order valence-corrected chi connectivity index (χ1v) is 7.62. The third kappa shape index (κ3) is 2.93. The lowest BCUT2D eigenvalue weighted by molar-refractivity contribution is -0.155. The van der Waals surface area contributed by atoms with E-state index in [1.54, 1.807) is 13.0 Å². The summed E-state index contributed by atoms with van der Waals surface area (Å²) in [7, 11) is 0. The van der Waals surface area contributed by atoms with Crippen molar-refractivity contribution in [1.29, 1.82) is 0 Å². The van der Waals surface area contributed by atoms with Crippen LogP contribution in [-0.4, -0.2) is 24.1 Å². The van der Waals surface area contributed by atoms with Gasteiger partial charge in [0.05, 0.1) is 12.5 Å². The Morgan fingerprint density at radius 2 is 2.05 bits per heavy atom. The van der Waals surface area contributed by atoms with Gasteiger partial charge in [-0.15, -0.1) is 0 Å². The zero-order valence-corrected chi connectivity index (χ0v) is 13.8. The molecule has 5 heteroatoms. The molecular weight excluding hydrogens is 336 g/mol. The van der Waals surface area contributed by atoms with Crippen molar-refractivity contribution >= 4 is 33.5 Å². The van der Waals surface area contributed by atoms with Gasteiger partial charge in [-0.05, 0) is 36.5 Å². The van der Waals surface area contributed by atoms with Crippen LogP contribution in [0, 0.1) is 5.92 Å². The first-order chi connectivity index (χ1) is 9.77. The predicted molar refractivity (Wildman–Crippen MR) is 81.2 cm³/mol. The quantitative estimate of drug-likeness (QED) is 0.476. The van der Waals surface area contributed by atoms with Gasteiger partial charge in [0.25, 0.3) is 5.78 Å². The fourth-order valence-corrected chi connectivity index (χ4v) is 3.13. The van der Waals surface area contributed by atoms with E-state index in [-0.39, 0.29) is 17.8 Å². The number of carbonyl (C=O) groups is 3. The summed E-state index contributed by atoms with van der Waals surface area (Å²) in [6.45, 7) is 5.69. The van der Waals surface area contributed by atoms with E-state index in [9.17, 15) is 14.4 Å². The van der Waals surface area contributed by atoms with Crippen LogP contribution in [0.15, 0.2) is 22.7 Å². The van der Waals surface area contributed by atoms with E-state index < -0.39 is 17.7 Å². The molecule has 0 fully saturated rings. The van der Waals surface area contributed by atoms with Gasteiger partial charge in [-0.1, -0.05) is 35.8 Å². The average Bonchev–Trinajstić information content (AvgIpc) is 2.42. The van der Waals surface area contributed by atoms with Gasteiger partial charge in [0.15, 0.2) is 5.78 Å². The molecule has 0 saturated heterocycles. The van der Waals surface area contributed by atoms with E-state index in [4.69, 9.17) is 4.74 Å². The van der Waals surface area contributed by atoms with E-state index >= 15 is 0 Å². The lowest BCUT2D eigenvalue weighted by Crippen LogP contribution is -2.41. The number of benzene rings is 1. The fraction of sp³-hybridized carbons (Fsp3) is 0.438. The molecule has 1 aliphatic rings. The number of ether oxygens (including phenoxy) is 1. The number of rotatable bonds is 3. The summed E-state index contributed by atoms with van der Waals surface area (Å²) < 4.78 is 5.51. The summed E-state index contributed by atoms with van der Waals surface area (Å²) in [4.78, 5) is 36.4. The normalized spacial score (nSPS) is 19.8. The van der Waals surface area contributed by atoms with Crippen molar-refractivity contribution in [2.45, 2.75) is 32.6 Å². The number of fused-ring (bicyclic) bond motifs is 1. The highest BCUT2D eigenvalue weighted by Crippen LogP contribution is 2.40. The molecule has 0 amide bonds. The van der Waals surface area contributed by atoms with Gasteiger partial charge < -0.3 is 4.74 Å². The monoisotopic (exact) mass is 352 g/mol. The maximum absolute atomic E-state index is 12.6. The predicted octanol–water partition coefficient (Wildman–Crippen LogP) is 3.06. The Morgan fingerprint density at radius 1 is 1.38 bits per heavy atom. The van der Waals surface area contributed by atoms with E-state index in [2.05, 4.69) is 15.9 Å². The molecule has 0 bridgehead atoms. The molecule has 0 saturated carbocycles. The van der Waals surface area contributed by atoms with E-state index in [1.807, 2.05) is 26.0 Å². The van der Waals surface area contributed by atoms with E-state index in [0.717, 1.165) is 10.0 Å². The fourth-order valence-electron chi connectivity index (χ4n) is 2.77. The van der Waals surface area contributed by atoms with Gasteiger partial charge in [-0.2, -0.15) is 0 Å². The Labute approximate surface area is 132 Å². The standard InChI is InChI=1S/C16H17BrO4/c1-4-21-15(20)14(19)11-8-16(2,3)12-6-5-9(17)7-10(12)13(11)18/h5-7,11H,4,8H2,1-3H3. The minimum atomic E-state index is -0.958. The average molecular weight is 353 g/mol. The van der Waals surface area contributed by atoms with Crippen molar-refractivity contribution in [3.05, 3.63) is 33.8 Å². The Kier molecular flexibility index (Phi) is 4.33. The molecule has 0 aromatic heterocycles. The van der Waals surface area contributed by atoms with Crippen molar-refractivity contribution in [2.24, 2.45) is 5.92 Å². The second-order valence-electron chi connectivity index (χ2n) is 5.78. The van der Waals surface area contributed by atoms with Crippen LogP contribution in [0.1, 0.15) is 43.1 Å². The number of esters is 1. The molecule has 4 nitrogen and oxygen atoms in total. The largest absolute Gasteiger partial charge is 0.460 e. The van der Waals surface area contributed by atoms with Gasteiger partial charge in [-0.3, -0.25) is 9.59 Å². The molecule has 0 N–H and O–H groups in total. The second kappa shape index (κ2) is 5.72. The lowest BCUT2D eigenvalue weighted by atomic mass is 9.67. The Balaban J connectivity index is 2.43. The Morgan fingerprint density at radius 3 is 2.67 bits per heavy atom. The number of Topliss-reactive ketones (excluding diaryl/α,β-unsaturated/α-hetero) is 2. The minimum absolute atomic E-state index is 0.122. The van der Waals surface area contributed by atoms with E-state index in [0.29, 0.717) is 12.0 Å². The molecule has 1 aromatic rings. The summed E-state index contributed by atoms with van der Waals surface area (Å²) in [6.07, 6.45) is 0.318. The first-order valence-electron chi connectivity index (χ1n) is 6.83. The molecule has 0 heterocycles. The van der Waals surface area contributed by atoms with Crippen LogP contribution < -0.4 is 0 Å². The molecule has 1 aromatic carbocycles. The van der Waals surface area contributed by atoms with Crippen LogP contribution in [0.4, 0.5) is 0 Å². The number of hydrogen-bond donors (Lipinski definition) is 0. The maximum Gasteiger partial charge on any atom is 0.375 e. The van der Waals surface area contributed by atoms with Crippen LogP contribution in [-0.2, 0) is 19.7 Å². The smallest absolute Gasteiger partial charge is 0.375 e. The molecule has 0 aliphatic heterocycles. The summed E-state index contributed by atoms with van der Waals surface area (Å²) in [5, 5.41) is 0. The molecule has 0 spiro atoms. The molecule has 112 valence electrons. The number of halogens is 1. The highest BCUT2D eigenvalue weighted by molar-refractivity contribution is 9.10. The number of ketones is 2. The lowest BCUT2D eigenvalue weighted by Gasteiger charge is -2.35. The highest BCUT2D eigenvalue weighted by Gasteiger charge is 2.44. The third-order valence-electron chi connectivity index (χ3n) is 3.80.